The van der Waals surface area contributed by atoms with Gasteiger partial charge in [0.15, 0.2) is 0 Å². The number of aromatic nitrogens is 1. The molecular weight excluding hydrogens is 412 g/mol. The van der Waals surface area contributed by atoms with Crippen molar-refractivity contribution in [3.8, 4) is 10.6 Å². The molecule has 4 rings (SSSR count). The topological polar surface area (TPSA) is 79.6 Å². The van der Waals surface area contributed by atoms with Gasteiger partial charge in [-0.3, -0.25) is 14.9 Å². The van der Waals surface area contributed by atoms with E-state index in [-0.39, 0.29) is 16.5 Å². The van der Waals surface area contributed by atoms with Crippen LogP contribution >= 0.6 is 22.9 Å². The van der Waals surface area contributed by atoms with Crippen LogP contribution in [0.3, 0.4) is 0 Å². The van der Waals surface area contributed by atoms with E-state index >= 15 is 0 Å². The molecule has 29 heavy (non-hydrogen) atoms. The van der Waals surface area contributed by atoms with Gasteiger partial charge in [0.2, 0.25) is 0 Å². The van der Waals surface area contributed by atoms with Crippen LogP contribution in [0, 0.1) is 10.1 Å². The molecule has 3 aromatic rings. The van der Waals surface area contributed by atoms with Crippen LogP contribution in [-0.4, -0.2) is 46.9 Å². The molecule has 0 radical (unpaired) electrons. The molecule has 1 saturated heterocycles. The Bertz CT molecular complexity index is 1060. The molecule has 0 N–H and O–H groups in total. The average molecular weight is 429 g/mol. The number of hydrogen-bond acceptors (Lipinski definition) is 6. The summed E-state index contributed by atoms with van der Waals surface area (Å²) in [4.78, 5) is 31.9. The molecule has 1 aromatic heterocycles. The zero-order chi connectivity index (χ0) is 20.4. The maximum absolute atomic E-state index is 12.8. The number of anilines is 1. The maximum atomic E-state index is 12.8. The van der Waals surface area contributed by atoms with Crippen molar-refractivity contribution in [2.24, 2.45) is 0 Å². The number of amides is 1. The number of carbonyl (C=O) groups excluding carboxylic acids is 1. The molecule has 148 valence electrons. The molecule has 0 atom stereocenters. The van der Waals surface area contributed by atoms with Crippen molar-refractivity contribution in [2.45, 2.75) is 0 Å². The Kier molecular flexibility index (Phi) is 5.46. The summed E-state index contributed by atoms with van der Waals surface area (Å²) < 4.78 is 0. The highest BCUT2D eigenvalue weighted by Gasteiger charge is 2.27. The van der Waals surface area contributed by atoms with Gasteiger partial charge in [0, 0.05) is 48.2 Å². The summed E-state index contributed by atoms with van der Waals surface area (Å²) in [6, 6.07) is 14.1. The summed E-state index contributed by atoms with van der Waals surface area (Å²) in [5, 5.41) is 14.4. The predicted octanol–water partition coefficient (Wildman–Crippen LogP) is 4.33. The quantitative estimate of drug-likeness (QED) is 0.456. The lowest BCUT2D eigenvalue weighted by Crippen LogP contribution is -2.49. The Labute approximate surface area is 176 Å². The van der Waals surface area contributed by atoms with E-state index in [2.05, 4.69) is 4.98 Å². The monoisotopic (exact) mass is 428 g/mol. The molecule has 0 spiro atoms. The van der Waals surface area contributed by atoms with Crippen molar-refractivity contribution in [3.63, 3.8) is 0 Å². The van der Waals surface area contributed by atoms with Gasteiger partial charge >= 0.3 is 0 Å². The fraction of sp³-hybridized carbons (Fsp3) is 0.200. The Morgan fingerprint density at radius 1 is 1.10 bits per heavy atom. The smallest absolute Gasteiger partial charge is 0.292 e. The molecule has 1 amide bonds. The second kappa shape index (κ2) is 8.18. The third kappa shape index (κ3) is 4.08. The highest BCUT2D eigenvalue weighted by Crippen LogP contribution is 2.29. The average Bonchev–Trinajstić information content (AvgIpc) is 3.24. The highest BCUT2D eigenvalue weighted by molar-refractivity contribution is 7.13. The number of halogens is 1. The van der Waals surface area contributed by atoms with Gasteiger partial charge in [-0.05, 0) is 18.2 Å². The minimum atomic E-state index is -0.375. The maximum Gasteiger partial charge on any atom is 0.292 e. The van der Waals surface area contributed by atoms with Crippen molar-refractivity contribution in [1.29, 1.82) is 0 Å². The number of piperazine rings is 1. The van der Waals surface area contributed by atoms with Gasteiger partial charge < -0.3 is 9.80 Å². The Hall–Kier alpha value is -2.97. The van der Waals surface area contributed by atoms with Crippen LogP contribution in [-0.2, 0) is 0 Å². The number of nitrogens with zero attached hydrogens (tertiary/aromatic N) is 4. The van der Waals surface area contributed by atoms with E-state index in [0.717, 1.165) is 10.6 Å². The SMILES string of the molecule is O=C(c1csc(-c2cccc(Cl)c2)n1)N1CCN(c2ccccc2[N+](=O)[O-])CC1. The van der Waals surface area contributed by atoms with Crippen LogP contribution in [0.1, 0.15) is 10.5 Å². The molecule has 7 nitrogen and oxygen atoms in total. The van der Waals surface area contributed by atoms with Crippen LogP contribution in [0.25, 0.3) is 10.6 Å². The van der Waals surface area contributed by atoms with Crippen LogP contribution in [0.15, 0.2) is 53.9 Å². The minimum absolute atomic E-state index is 0.0814. The lowest BCUT2D eigenvalue weighted by Gasteiger charge is -2.35. The molecule has 0 unspecified atom stereocenters. The van der Waals surface area contributed by atoms with Gasteiger partial charge in [-0.15, -0.1) is 11.3 Å². The second-order valence-electron chi connectivity index (χ2n) is 6.57. The first-order chi connectivity index (χ1) is 14.0. The fourth-order valence-corrected chi connectivity index (χ4v) is 4.31. The standard InChI is InChI=1S/C20H17ClN4O3S/c21-15-5-3-4-14(12-15)19-22-16(13-29-19)20(26)24-10-8-23(9-11-24)17-6-1-2-7-18(17)25(27)28/h1-7,12-13H,8-11H2. The van der Waals surface area contributed by atoms with E-state index < -0.39 is 0 Å². The minimum Gasteiger partial charge on any atom is -0.362 e. The van der Waals surface area contributed by atoms with Gasteiger partial charge in [-0.1, -0.05) is 35.9 Å². The number of hydrogen-bond donors (Lipinski definition) is 0. The number of nitro groups is 1. The van der Waals surface area contributed by atoms with E-state index in [9.17, 15) is 14.9 Å². The van der Waals surface area contributed by atoms with Crippen molar-refractivity contribution in [1.82, 2.24) is 9.88 Å². The largest absolute Gasteiger partial charge is 0.362 e. The third-order valence-corrected chi connectivity index (χ3v) is 5.91. The highest BCUT2D eigenvalue weighted by atomic mass is 35.5. The molecule has 1 fully saturated rings. The van der Waals surface area contributed by atoms with Gasteiger partial charge in [0.1, 0.15) is 16.4 Å². The predicted molar refractivity (Wildman–Crippen MR) is 114 cm³/mol. The number of benzene rings is 2. The summed E-state index contributed by atoms with van der Waals surface area (Å²) in [6.07, 6.45) is 0. The number of thiazole rings is 1. The first kappa shape index (κ1) is 19.4. The van der Waals surface area contributed by atoms with Crippen LogP contribution in [0.5, 0.6) is 0 Å². The van der Waals surface area contributed by atoms with E-state index in [4.69, 9.17) is 11.6 Å². The van der Waals surface area contributed by atoms with Crippen LogP contribution in [0.2, 0.25) is 5.02 Å². The molecule has 2 aromatic carbocycles. The lowest BCUT2D eigenvalue weighted by molar-refractivity contribution is -0.384. The lowest BCUT2D eigenvalue weighted by atomic mass is 10.2. The molecule has 0 bridgehead atoms. The van der Waals surface area contributed by atoms with Gasteiger partial charge in [-0.2, -0.15) is 0 Å². The van der Waals surface area contributed by atoms with Crippen LogP contribution in [0.4, 0.5) is 11.4 Å². The summed E-state index contributed by atoms with van der Waals surface area (Å²) in [5.74, 6) is -0.128. The molecule has 0 saturated carbocycles. The first-order valence-corrected chi connectivity index (χ1v) is 10.3. The fourth-order valence-electron chi connectivity index (χ4n) is 3.32. The summed E-state index contributed by atoms with van der Waals surface area (Å²) >= 11 is 7.44. The van der Waals surface area contributed by atoms with Crippen molar-refractivity contribution < 1.29 is 9.72 Å². The molecule has 1 aliphatic heterocycles. The summed E-state index contributed by atoms with van der Waals surface area (Å²) in [6.45, 7) is 2.02. The number of para-hydroxylation sites is 2. The Morgan fingerprint density at radius 2 is 1.86 bits per heavy atom. The first-order valence-electron chi connectivity index (χ1n) is 9.02. The van der Waals surface area contributed by atoms with Crippen LogP contribution < -0.4 is 4.90 Å². The molecule has 9 heteroatoms. The third-order valence-electron chi connectivity index (χ3n) is 4.78. The van der Waals surface area contributed by atoms with Crippen molar-refractivity contribution in [2.75, 3.05) is 31.1 Å². The van der Waals surface area contributed by atoms with E-state index in [0.29, 0.717) is 42.6 Å². The molecule has 2 heterocycles. The number of nitro benzene ring substituents is 1. The van der Waals surface area contributed by atoms with Gasteiger partial charge in [-0.25, -0.2) is 4.98 Å². The molecule has 1 aliphatic rings. The van der Waals surface area contributed by atoms with E-state index in [1.165, 1.54) is 17.4 Å². The van der Waals surface area contributed by atoms with Gasteiger partial charge in [0.25, 0.3) is 11.6 Å². The number of carbonyl (C=O) groups is 1. The number of rotatable bonds is 4. The Morgan fingerprint density at radius 3 is 2.59 bits per heavy atom. The van der Waals surface area contributed by atoms with E-state index in [1.54, 1.807) is 34.5 Å². The zero-order valence-corrected chi connectivity index (χ0v) is 16.9. The summed E-state index contributed by atoms with van der Waals surface area (Å²) in [5.41, 5.74) is 1.95. The summed E-state index contributed by atoms with van der Waals surface area (Å²) in [7, 11) is 0. The Balaban J connectivity index is 1.44. The zero-order valence-electron chi connectivity index (χ0n) is 15.3. The van der Waals surface area contributed by atoms with Crippen molar-refractivity contribution >= 4 is 40.2 Å². The van der Waals surface area contributed by atoms with Crippen molar-refractivity contribution in [3.05, 3.63) is 74.7 Å². The molecular formula is C20H17ClN4O3S. The molecule has 0 aliphatic carbocycles. The van der Waals surface area contributed by atoms with Gasteiger partial charge in [0.05, 0.1) is 4.92 Å². The normalized spacial score (nSPS) is 14.1. The second-order valence-corrected chi connectivity index (χ2v) is 7.87. The van der Waals surface area contributed by atoms with E-state index in [1.807, 2.05) is 23.1 Å².